The molecule has 0 spiro atoms. The zero-order valence-electron chi connectivity index (χ0n) is 15.8. The van der Waals surface area contributed by atoms with Gasteiger partial charge in [-0.05, 0) is 54.4 Å². The molecule has 0 amide bonds. The van der Waals surface area contributed by atoms with Crippen LogP contribution in [-0.4, -0.2) is 5.97 Å². The summed E-state index contributed by atoms with van der Waals surface area (Å²) in [6.07, 6.45) is 0.704. The van der Waals surface area contributed by atoms with Crippen LogP contribution in [0.4, 0.5) is 0 Å². The largest absolute Gasteiger partial charge is 0.457 e. The second-order valence-electron chi connectivity index (χ2n) is 6.43. The Morgan fingerprint density at radius 2 is 1.66 bits per heavy atom. The zero-order valence-corrected chi connectivity index (χ0v) is 15.8. The standard InChI is InChI=1S/C24H18O5/c1-2-16-14-23(25)29-22-15-20(11-12-21(16)22)28-24(26)17-7-6-10-19(13-17)27-18-8-4-3-5-9-18/h3-15H,2H2,1H3. The van der Waals surface area contributed by atoms with E-state index in [1.807, 2.05) is 37.3 Å². The van der Waals surface area contributed by atoms with Gasteiger partial charge in [0.05, 0.1) is 5.56 Å². The van der Waals surface area contributed by atoms with E-state index in [2.05, 4.69) is 0 Å². The van der Waals surface area contributed by atoms with E-state index < -0.39 is 11.6 Å². The van der Waals surface area contributed by atoms with Crippen molar-refractivity contribution in [3.05, 3.63) is 100 Å². The molecule has 0 saturated carbocycles. The number of carbonyl (C=O) groups excluding carboxylic acids is 1. The van der Waals surface area contributed by atoms with Crippen molar-refractivity contribution in [1.82, 2.24) is 0 Å². The highest BCUT2D eigenvalue weighted by Crippen LogP contribution is 2.25. The highest BCUT2D eigenvalue weighted by atomic mass is 16.5. The summed E-state index contributed by atoms with van der Waals surface area (Å²) in [7, 11) is 0. The van der Waals surface area contributed by atoms with Gasteiger partial charge in [0.2, 0.25) is 0 Å². The molecule has 0 aliphatic carbocycles. The minimum absolute atomic E-state index is 0.299. The Morgan fingerprint density at radius 1 is 0.862 bits per heavy atom. The number of hydrogen-bond acceptors (Lipinski definition) is 5. The molecular formula is C24H18O5. The second kappa shape index (κ2) is 8.02. The van der Waals surface area contributed by atoms with Gasteiger partial charge in [-0.15, -0.1) is 0 Å². The number of aryl methyl sites for hydroxylation is 1. The quantitative estimate of drug-likeness (QED) is 0.262. The third kappa shape index (κ3) is 4.19. The molecule has 4 rings (SSSR count). The summed E-state index contributed by atoms with van der Waals surface area (Å²) in [5, 5.41) is 0.824. The summed E-state index contributed by atoms with van der Waals surface area (Å²) < 4.78 is 16.5. The zero-order chi connectivity index (χ0) is 20.2. The lowest BCUT2D eigenvalue weighted by molar-refractivity contribution is 0.0734. The van der Waals surface area contributed by atoms with Gasteiger partial charge < -0.3 is 13.9 Å². The van der Waals surface area contributed by atoms with Crippen LogP contribution in [0.15, 0.2) is 88.1 Å². The number of para-hydroxylation sites is 1. The van der Waals surface area contributed by atoms with Crippen molar-refractivity contribution >= 4 is 16.9 Å². The van der Waals surface area contributed by atoms with E-state index in [4.69, 9.17) is 13.9 Å². The predicted octanol–water partition coefficient (Wildman–Crippen LogP) is 5.37. The van der Waals surface area contributed by atoms with Gasteiger partial charge in [-0.25, -0.2) is 9.59 Å². The molecule has 0 aliphatic rings. The third-order valence-electron chi connectivity index (χ3n) is 4.44. The van der Waals surface area contributed by atoms with Gasteiger partial charge in [-0.1, -0.05) is 31.2 Å². The maximum Gasteiger partial charge on any atom is 0.343 e. The molecule has 0 radical (unpaired) electrons. The lowest BCUT2D eigenvalue weighted by atomic mass is 10.1. The average molecular weight is 386 g/mol. The first kappa shape index (κ1) is 18.5. The number of esters is 1. The molecular weight excluding hydrogens is 368 g/mol. The summed E-state index contributed by atoms with van der Waals surface area (Å²) in [6.45, 7) is 1.96. The maximum absolute atomic E-state index is 12.6. The van der Waals surface area contributed by atoms with E-state index in [9.17, 15) is 9.59 Å². The monoisotopic (exact) mass is 386 g/mol. The van der Waals surface area contributed by atoms with Crippen LogP contribution < -0.4 is 15.1 Å². The lowest BCUT2D eigenvalue weighted by Crippen LogP contribution is -2.08. The summed E-state index contributed by atoms with van der Waals surface area (Å²) >= 11 is 0. The number of rotatable bonds is 5. The van der Waals surface area contributed by atoms with Crippen LogP contribution in [0.5, 0.6) is 17.2 Å². The molecule has 5 heteroatoms. The topological polar surface area (TPSA) is 65.7 Å². The molecule has 0 unspecified atom stereocenters. The molecule has 1 heterocycles. The van der Waals surface area contributed by atoms with Gasteiger partial charge in [-0.3, -0.25) is 0 Å². The normalized spacial score (nSPS) is 10.7. The Kier molecular flexibility index (Phi) is 5.12. The molecule has 0 fully saturated rings. The summed E-state index contributed by atoms with van der Waals surface area (Å²) in [6, 6.07) is 22.6. The Bertz CT molecular complexity index is 1220. The van der Waals surface area contributed by atoms with E-state index in [1.54, 1.807) is 42.5 Å². The smallest absolute Gasteiger partial charge is 0.343 e. The third-order valence-corrected chi connectivity index (χ3v) is 4.44. The van der Waals surface area contributed by atoms with Gasteiger partial charge in [0.1, 0.15) is 22.8 Å². The Morgan fingerprint density at radius 3 is 2.45 bits per heavy atom. The first-order valence-corrected chi connectivity index (χ1v) is 9.24. The molecule has 4 aromatic rings. The van der Waals surface area contributed by atoms with Crippen LogP contribution in [0.3, 0.4) is 0 Å². The van der Waals surface area contributed by atoms with Gasteiger partial charge in [-0.2, -0.15) is 0 Å². The number of ether oxygens (including phenoxy) is 2. The number of fused-ring (bicyclic) bond motifs is 1. The lowest BCUT2D eigenvalue weighted by Gasteiger charge is -2.09. The fourth-order valence-corrected chi connectivity index (χ4v) is 3.04. The van der Waals surface area contributed by atoms with Crippen molar-refractivity contribution < 1.29 is 18.7 Å². The van der Waals surface area contributed by atoms with Crippen molar-refractivity contribution in [1.29, 1.82) is 0 Å². The van der Waals surface area contributed by atoms with Crippen LogP contribution in [-0.2, 0) is 6.42 Å². The molecule has 1 aromatic heterocycles. The SMILES string of the molecule is CCc1cc(=O)oc2cc(OC(=O)c3cccc(Oc4ccccc4)c3)ccc12. The molecule has 0 saturated heterocycles. The highest BCUT2D eigenvalue weighted by Gasteiger charge is 2.12. The minimum Gasteiger partial charge on any atom is -0.457 e. The average Bonchev–Trinajstić information content (AvgIpc) is 2.73. The van der Waals surface area contributed by atoms with Gasteiger partial charge in [0.25, 0.3) is 0 Å². The Hall–Kier alpha value is -3.86. The molecule has 5 nitrogen and oxygen atoms in total. The van der Waals surface area contributed by atoms with E-state index in [0.29, 0.717) is 34.8 Å². The first-order chi connectivity index (χ1) is 14.1. The van der Waals surface area contributed by atoms with Crippen molar-refractivity contribution in [3.63, 3.8) is 0 Å². The van der Waals surface area contributed by atoms with Crippen LogP contribution in [0.1, 0.15) is 22.8 Å². The van der Waals surface area contributed by atoms with Crippen molar-refractivity contribution in [3.8, 4) is 17.2 Å². The Labute approximate surface area is 167 Å². The van der Waals surface area contributed by atoms with E-state index in [-0.39, 0.29) is 0 Å². The summed E-state index contributed by atoms with van der Waals surface area (Å²) in [4.78, 5) is 24.3. The van der Waals surface area contributed by atoms with Crippen LogP contribution >= 0.6 is 0 Å². The van der Waals surface area contributed by atoms with E-state index in [0.717, 1.165) is 10.9 Å². The van der Waals surface area contributed by atoms with Crippen LogP contribution in [0.2, 0.25) is 0 Å². The predicted molar refractivity (Wildman–Crippen MR) is 110 cm³/mol. The fraction of sp³-hybridized carbons (Fsp3) is 0.0833. The second-order valence-corrected chi connectivity index (χ2v) is 6.43. The number of carbonyl (C=O) groups is 1. The van der Waals surface area contributed by atoms with Crippen LogP contribution in [0, 0.1) is 0 Å². The number of benzene rings is 3. The summed E-state index contributed by atoms with van der Waals surface area (Å²) in [5.74, 6) is 0.974. The summed E-state index contributed by atoms with van der Waals surface area (Å²) in [5.41, 5.74) is 1.20. The highest BCUT2D eigenvalue weighted by molar-refractivity contribution is 5.92. The van der Waals surface area contributed by atoms with Crippen molar-refractivity contribution in [2.24, 2.45) is 0 Å². The van der Waals surface area contributed by atoms with Crippen LogP contribution in [0.25, 0.3) is 11.0 Å². The maximum atomic E-state index is 12.6. The minimum atomic E-state index is -0.531. The van der Waals surface area contributed by atoms with Crippen molar-refractivity contribution in [2.75, 3.05) is 0 Å². The number of hydrogen-bond donors (Lipinski definition) is 0. The molecule has 0 atom stereocenters. The molecule has 0 aliphatic heterocycles. The van der Waals surface area contributed by atoms with Gasteiger partial charge in [0, 0.05) is 17.5 Å². The van der Waals surface area contributed by atoms with Gasteiger partial charge in [0.15, 0.2) is 0 Å². The fourth-order valence-electron chi connectivity index (χ4n) is 3.04. The molecule has 144 valence electrons. The van der Waals surface area contributed by atoms with E-state index >= 15 is 0 Å². The van der Waals surface area contributed by atoms with E-state index in [1.165, 1.54) is 6.07 Å². The molecule has 29 heavy (non-hydrogen) atoms. The van der Waals surface area contributed by atoms with Gasteiger partial charge >= 0.3 is 11.6 Å². The molecule has 0 N–H and O–H groups in total. The van der Waals surface area contributed by atoms with Crippen molar-refractivity contribution in [2.45, 2.75) is 13.3 Å². The Balaban J connectivity index is 1.56. The first-order valence-electron chi connectivity index (χ1n) is 9.24. The molecule has 3 aromatic carbocycles. The molecule has 0 bridgehead atoms.